The van der Waals surface area contributed by atoms with Crippen LogP contribution in [0, 0.1) is 0 Å². The van der Waals surface area contributed by atoms with Gasteiger partial charge in [0.25, 0.3) is 0 Å². The second-order valence-electron chi connectivity index (χ2n) is 3.76. The molecule has 2 rings (SSSR count). The molecule has 0 unspecified atom stereocenters. The fraction of sp³-hybridized carbons (Fsp3) is 0.0833. The van der Waals surface area contributed by atoms with E-state index in [9.17, 15) is 0 Å². The highest BCUT2D eigenvalue weighted by molar-refractivity contribution is 6.37. The summed E-state index contributed by atoms with van der Waals surface area (Å²) < 4.78 is 5.14. The molecule has 106 valence electrons. The smallest absolute Gasteiger partial charge is 0.161 e. The van der Waals surface area contributed by atoms with E-state index in [1.54, 1.807) is 25.3 Å². The van der Waals surface area contributed by atoms with Gasteiger partial charge in [0, 0.05) is 6.07 Å². The van der Waals surface area contributed by atoms with Crippen molar-refractivity contribution in [3.63, 3.8) is 0 Å². The quantitative estimate of drug-likeness (QED) is 0.581. The molecule has 20 heavy (non-hydrogen) atoms. The van der Waals surface area contributed by atoms with E-state index in [0.29, 0.717) is 38.1 Å². The summed E-state index contributed by atoms with van der Waals surface area (Å²) in [6, 6.07) is 6.71. The summed E-state index contributed by atoms with van der Waals surface area (Å²) in [5, 5.41) is 4.17. The molecule has 0 amide bonds. The van der Waals surface area contributed by atoms with E-state index in [-0.39, 0.29) is 0 Å². The first kappa shape index (κ1) is 15.0. The number of hydrogen-bond donors (Lipinski definition) is 3. The van der Waals surface area contributed by atoms with Crippen LogP contribution in [0.5, 0.6) is 5.75 Å². The Kier molecular flexibility index (Phi) is 4.77. The molecule has 0 fully saturated rings. The Labute approximate surface area is 131 Å². The summed E-state index contributed by atoms with van der Waals surface area (Å²) in [6.45, 7) is 0. The van der Waals surface area contributed by atoms with Gasteiger partial charge in [0.2, 0.25) is 0 Å². The molecular formula is C12H11Cl3N4O. The third kappa shape index (κ3) is 3.19. The predicted molar refractivity (Wildman–Crippen MR) is 83.4 cm³/mol. The number of nitrogen functional groups attached to an aromatic ring is 1. The van der Waals surface area contributed by atoms with E-state index in [2.05, 4.69) is 15.7 Å². The normalized spacial score (nSPS) is 10.2. The van der Waals surface area contributed by atoms with Gasteiger partial charge in [0.15, 0.2) is 11.6 Å². The summed E-state index contributed by atoms with van der Waals surface area (Å²) in [7, 11) is 1.57. The number of nitrogens with zero attached hydrogens (tertiary/aromatic N) is 1. The van der Waals surface area contributed by atoms with Crippen molar-refractivity contribution < 1.29 is 4.74 Å². The molecule has 8 heteroatoms. The van der Waals surface area contributed by atoms with Crippen LogP contribution in [-0.4, -0.2) is 12.1 Å². The highest BCUT2D eigenvalue weighted by atomic mass is 35.5. The van der Waals surface area contributed by atoms with Crippen molar-refractivity contribution in [2.75, 3.05) is 17.9 Å². The zero-order valence-electron chi connectivity index (χ0n) is 10.4. The van der Waals surface area contributed by atoms with E-state index < -0.39 is 0 Å². The third-order valence-corrected chi connectivity index (χ3v) is 3.40. The van der Waals surface area contributed by atoms with Gasteiger partial charge in [-0.15, -0.1) is 0 Å². The van der Waals surface area contributed by atoms with Crippen molar-refractivity contribution in [3.8, 4) is 5.75 Å². The SMILES string of the molecule is COc1ccc(Cl)c(Nc2nc(NN)c(Cl)cc2Cl)c1. The number of methoxy groups -OCH3 is 1. The molecule has 0 aliphatic heterocycles. The van der Waals surface area contributed by atoms with Crippen molar-refractivity contribution in [3.05, 3.63) is 39.3 Å². The van der Waals surface area contributed by atoms with Gasteiger partial charge < -0.3 is 15.5 Å². The van der Waals surface area contributed by atoms with Crippen molar-refractivity contribution in [1.82, 2.24) is 4.98 Å². The average Bonchev–Trinajstić information content (AvgIpc) is 2.44. The molecule has 0 spiro atoms. The molecule has 1 heterocycles. The maximum absolute atomic E-state index is 6.11. The first-order valence-electron chi connectivity index (χ1n) is 5.48. The summed E-state index contributed by atoms with van der Waals surface area (Å²) in [5.41, 5.74) is 2.99. The number of nitrogens with two attached hydrogens (primary N) is 1. The van der Waals surface area contributed by atoms with Gasteiger partial charge >= 0.3 is 0 Å². The summed E-state index contributed by atoms with van der Waals surface area (Å²) in [5.74, 6) is 6.65. The minimum atomic E-state index is 0.303. The Morgan fingerprint density at radius 2 is 1.75 bits per heavy atom. The van der Waals surface area contributed by atoms with E-state index >= 15 is 0 Å². The Balaban J connectivity index is 2.39. The Morgan fingerprint density at radius 3 is 2.40 bits per heavy atom. The lowest BCUT2D eigenvalue weighted by molar-refractivity contribution is 0.415. The Bertz CT molecular complexity index is 636. The molecule has 0 aliphatic carbocycles. The second kappa shape index (κ2) is 6.37. The largest absolute Gasteiger partial charge is 0.497 e. The van der Waals surface area contributed by atoms with Gasteiger partial charge in [0.1, 0.15) is 5.75 Å². The van der Waals surface area contributed by atoms with Crippen LogP contribution in [0.1, 0.15) is 0 Å². The molecular weight excluding hydrogens is 323 g/mol. The fourth-order valence-corrected chi connectivity index (χ4v) is 2.14. The number of pyridine rings is 1. The maximum atomic E-state index is 6.11. The number of hydrogen-bond acceptors (Lipinski definition) is 5. The van der Waals surface area contributed by atoms with Crippen LogP contribution in [0.15, 0.2) is 24.3 Å². The van der Waals surface area contributed by atoms with Gasteiger partial charge in [-0.1, -0.05) is 34.8 Å². The molecule has 4 N–H and O–H groups in total. The van der Waals surface area contributed by atoms with Crippen molar-refractivity contribution in [2.45, 2.75) is 0 Å². The van der Waals surface area contributed by atoms with Gasteiger partial charge in [0.05, 0.1) is 27.9 Å². The van der Waals surface area contributed by atoms with Crippen LogP contribution in [0.4, 0.5) is 17.3 Å². The lowest BCUT2D eigenvalue weighted by atomic mass is 10.3. The van der Waals surface area contributed by atoms with E-state index in [1.807, 2.05) is 0 Å². The number of nitrogens with one attached hydrogen (secondary N) is 2. The van der Waals surface area contributed by atoms with Crippen molar-refractivity contribution in [2.24, 2.45) is 5.84 Å². The van der Waals surface area contributed by atoms with Crippen molar-refractivity contribution in [1.29, 1.82) is 0 Å². The summed E-state index contributed by atoms with van der Waals surface area (Å²) in [6.07, 6.45) is 0. The number of hydrazine groups is 1. The molecule has 0 atom stereocenters. The van der Waals surface area contributed by atoms with Gasteiger partial charge in [-0.2, -0.15) is 0 Å². The summed E-state index contributed by atoms with van der Waals surface area (Å²) in [4.78, 5) is 4.17. The van der Waals surface area contributed by atoms with Crippen LogP contribution in [-0.2, 0) is 0 Å². The van der Waals surface area contributed by atoms with Crippen LogP contribution >= 0.6 is 34.8 Å². The standard InChI is InChI=1S/C12H11Cl3N4O/c1-20-6-2-3-7(13)10(4-6)17-11-8(14)5-9(15)12(18-11)19-16/h2-5H,16H2,1H3,(H2,17,18,19). The van der Waals surface area contributed by atoms with Crippen LogP contribution < -0.4 is 21.3 Å². The Hall–Kier alpha value is -1.40. The lowest BCUT2D eigenvalue weighted by Gasteiger charge is -2.12. The van der Waals surface area contributed by atoms with E-state index in [0.717, 1.165) is 0 Å². The molecule has 1 aromatic carbocycles. The van der Waals surface area contributed by atoms with E-state index in [4.69, 9.17) is 45.4 Å². The third-order valence-electron chi connectivity index (χ3n) is 2.49. The number of ether oxygens (including phenoxy) is 1. The van der Waals surface area contributed by atoms with E-state index in [1.165, 1.54) is 6.07 Å². The zero-order valence-corrected chi connectivity index (χ0v) is 12.6. The topological polar surface area (TPSA) is 72.2 Å². The average molecular weight is 334 g/mol. The molecule has 0 bridgehead atoms. The molecule has 1 aromatic heterocycles. The van der Waals surface area contributed by atoms with Crippen LogP contribution in [0.25, 0.3) is 0 Å². The molecule has 2 aromatic rings. The van der Waals surface area contributed by atoms with Gasteiger partial charge in [-0.05, 0) is 18.2 Å². The fourth-order valence-electron chi connectivity index (χ4n) is 1.51. The second-order valence-corrected chi connectivity index (χ2v) is 4.99. The van der Waals surface area contributed by atoms with Gasteiger partial charge in [-0.25, -0.2) is 10.8 Å². The lowest BCUT2D eigenvalue weighted by Crippen LogP contribution is -2.10. The Morgan fingerprint density at radius 1 is 1.05 bits per heavy atom. The summed E-state index contributed by atoms with van der Waals surface area (Å²) >= 11 is 18.1. The minimum Gasteiger partial charge on any atom is -0.497 e. The highest BCUT2D eigenvalue weighted by Crippen LogP contribution is 2.34. The maximum Gasteiger partial charge on any atom is 0.161 e. The van der Waals surface area contributed by atoms with Gasteiger partial charge in [-0.3, -0.25) is 0 Å². The number of rotatable bonds is 4. The van der Waals surface area contributed by atoms with Crippen LogP contribution in [0.3, 0.4) is 0 Å². The number of benzene rings is 1. The predicted octanol–water partition coefficient (Wildman–Crippen LogP) is 4.08. The number of aromatic nitrogens is 1. The van der Waals surface area contributed by atoms with Crippen LogP contribution in [0.2, 0.25) is 15.1 Å². The number of halogens is 3. The molecule has 0 saturated carbocycles. The monoisotopic (exact) mass is 332 g/mol. The molecule has 0 radical (unpaired) electrons. The first-order chi connectivity index (χ1) is 9.55. The molecule has 0 saturated heterocycles. The molecule has 0 aliphatic rings. The molecule has 5 nitrogen and oxygen atoms in total. The van der Waals surface area contributed by atoms with Crippen molar-refractivity contribution >= 4 is 52.1 Å². The zero-order chi connectivity index (χ0) is 14.7. The number of anilines is 3. The minimum absolute atomic E-state index is 0.303. The highest BCUT2D eigenvalue weighted by Gasteiger charge is 2.11. The first-order valence-corrected chi connectivity index (χ1v) is 6.61.